The van der Waals surface area contributed by atoms with Crippen LogP contribution in [0.2, 0.25) is 0 Å². The third-order valence-electron chi connectivity index (χ3n) is 3.39. The van der Waals surface area contributed by atoms with E-state index >= 15 is 0 Å². The largest absolute Gasteiger partial charge is 0.348 e. The summed E-state index contributed by atoms with van der Waals surface area (Å²) in [4.78, 5) is 24.5. The van der Waals surface area contributed by atoms with Crippen LogP contribution in [0.3, 0.4) is 0 Å². The van der Waals surface area contributed by atoms with Crippen LogP contribution in [0.25, 0.3) is 0 Å². The fourth-order valence-electron chi connectivity index (χ4n) is 2.33. The van der Waals surface area contributed by atoms with E-state index in [9.17, 15) is 9.59 Å². The van der Waals surface area contributed by atoms with Crippen molar-refractivity contribution in [1.82, 2.24) is 10.2 Å². The van der Waals surface area contributed by atoms with Crippen molar-refractivity contribution in [3.05, 3.63) is 35.9 Å². The fourth-order valence-corrected chi connectivity index (χ4v) is 2.33. The Morgan fingerprint density at radius 3 is 2.83 bits per heavy atom. The van der Waals surface area contributed by atoms with E-state index in [-0.39, 0.29) is 18.0 Å². The van der Waals surface area contributed by atoms with Crippen LogP contribution in [-0.2, 0) is 9.59 Å². The average Bonchev–Trinajstić information content (AvgIpc) is 2.88. The molecule has 2 rings (SSSR count). The number of rotatable bonds is 4. The van der Waals surface area contributed by atoms with Crippen molar-refractivity contribution in [3.8, 4) is 0 Å². The fraction of sp³-hybridized carbons (Fsp3) is 0.429. The standard InChI is InChI=1S/C14H18N2O2/c1-11(12-6-3-2-4-7-12)15-14(18)13-8-5-9-16(13)10-17/h2-4,6-7,10-11,13H,5,8-9H2,1H3,(H,15,18)/t11-,13-/m1/s1. The van der Waals surface area contributed by atoms with E-state index in [1.807, 2.05) is 37.3 Å². The van der Waals surface area contributed by atoms with Crippen molar-refractivity contribution >= 4 is 12.3 Å². The van der Waals surface area contributed by atoms with Gasteiger partial charge in [0, 0.05) is 6.54 Å². The molecule has 1 aliphatic rings. The molecule has 0 spiro atoms. The molecule has 4 heteroatoms. The van der Waals surface area contributed by atoms with Crippen LogP contribution >= 0.6 is 0 Å². The molecule has 0 aliphatic carbocycles. The second-order valence-electron chi connectivity index (χ2n) is 4.64. The Morgan fingerprint density at radius 2 is 2.17 bits per heavy atom. The normalized spacial score (nSPS) is 20.5. The van der Waals surface area contributed by atoms with E-state index in [2.05, 4.69) is 5.32 Å². The highest BCUT2D eigenvalue weighted by Gasteiger charge is 2.30. The maximum Gasteiger partial charge on any atom is 0.243 e. The third kappa shape index (κ3) is 2.70. The minimum atomic E-state index is -0.298. The molecule has 0 saturated carbocycles. The lowest BCUT2D eigenvalue weighted by Crippen LogP contribution is -2.43. The van der Waals surface area contributed by atoms with Crippen molar-refractivity contribution in [2.75, 3.05) is 6.54 Å². The number of benzene rings is 1. The quantitative estimate of drug-likeness (QED) is 0.818. The molecular formula is C14H18N2O2. The summed E-state index contributed by atoms with van der Waals surface area (Å²) in [5, 5.41) is 2.96. The zero-order valence-corrected chi connectivity index (χ0v) is 10.5. The molecule has 0 aromatic heterocycles. The van der Waals surface area contributed by atoms with E-state index in [1.54, 1.807) is 4.90 Å². The zero-order chi connectivity index (χ0) is 13.0. The lowest BCUT2D eigenvalue weighted by Gasteiger charge is -2.22. The van der Waals surface area contributed by atoms with Gasteiger partial charge in [0.25, 0.3) is 0 Å². The number of likely N-dealkylation sites (tertiary alicyclic amines) is 1. The number of carbonyl (C=O) groups excluding carboxylic acids is 2. The molecule has 0 bridgehead atoms. The molecule has 1 N–H and O–H groups in total. The lowest BCUT2D eigenvalue weighted by molar-refractivity contribution is -0.131. The molecule has 0 unspecified atom stereocenters. The van der Waals surface area contributed by atoms with Gasteiger partial charge in [0.2, 0.25) is 12.3 Å². The molecule has 2 atom stereocenters. The van der Waals surface area contributed by atoms with E-state index in [4.69, 9.17) is 0 Å². The van der Waals surface area contributed by atoms with Crippen LogP contribution in [0, 0.1) is 0 Å². The molecule has 96 valence electrons. The molecule has 0 radical (unpaired) electrons. The maximum atomic E-state index is 12.1. The molecule has 1 heterocycles. The van der Waals surface area contributed by atoms with Gasteiger partial charge >= 0.3 is 0 Å². The molecule has 18 heavy (non-hydrogen) atoms. The first-order chi connectivity index (χ1) is 8.72. The van der Waals surface area contributed by atoms with Gasteiger partial charge in [-0.05, 0) is 25.3 Å². The lowest BCUT2D eigenvalue weighted by atomic mass is 10.1. The van der Waals surface area contributed by atoms with E-state index in [0.29, 0.717) is 6.54 Å². The van der Waals surface area contributed by atoms with Crippen LogP contribution < -0.4 is 5.32 Å². The molecular weight excluding hydrogens is 228 g/mol. The van der Waals surface area contributed by atoms with Gasteiger partial charge in [-0.2, -0.15) is 0 Å². The molecule has 2 amide bonds. The van der Waals surface area contributed by atoms with Gasteiger partial charge in [-0.3, -0.25) is 9.59 Å². The van der Waals surface area contributed by atoms with Crippen molar-refractivity contribution in [2.24, 2.45) is 0 Å². The van der Waals surface area contributed by atoms with Crippen LogP contribution in [0.5, 0.6) is 0 Å². The van der Waals surface area contributed by atoms with E-state index in [0.717, 1.165) is 24.8 Å². The first kappa shape index (κ1) is 12.6. The van der Waals surface area contributed by atoms with Gasteiger partial charge in [-0.25, -0.2) is 0 Å². The molecule has 1 aliphatic heterocycles. The number of carbonyl (C=O) groups is 2. The molecule has 1 aromatic carbocycles. The number of hydrogen-bond acceptors (Lipinski definition) is 2. The Balaban J connectivity index is 1.97. The predicted octanol–water partition coefficient (Wildman–Crippen LogP) is 1.48. The maximum absolute atomic E-state index is 12.1. The number of nitrogens with zero attached hydrogens (tertiary/aromatic N) is 1. The van der Waals surface area contributed by atoms with Gasteiger partial charge in [0.1, 0.15) is 6.04 Å². The van der Waals surface area contributed by atoms with Gasteiger partial charge in [-0.15, -0.1) is 0 Å². The smallest absolute Gasteiger partial charge is 0.243 e. The molecule has 1 aromatic rings. The Labute approximate surface area is 107 Å². The Kier molecular flexibility index (Phi) is 3.97. The summed E-state index contributed by atoms with van der Waals surface area (Å²) in [5.74, 6) is -0.0593. The van der Waals surface area contributed by atoms with Gasteiger partial charge in [0.05, 0.1) is 6.04 Å². The summed E-state index contributed by atoms with van der Waals surface area (Å²) >= 11 is 0. The molecule has 1 saturated heterocycles. The first-order valence-electron chi connectivity index (χ1n) is 6.28. The summed E-state index contributed by atoms with van der Waals surface area (Å²) in [6.45, 7) is 2.63. The van der Waals surface area contributed by atoms with Crippen molar-refractivity contribution in [3.63, 3.8) is 0 Å². The van der Waals surface area contributed by atoms with Crippen molar-refractivity contribution < 1.29 is 9.59 Å². The highest BCUT2D eigenvalue weighted by Crippen LogP contribution is 2.17. The van der Waals surface area contributed by atoms with Crippen LogP contribution in [0.4, 0.5) is 0 Å². The predicted molar refractivity (Wildman–Crippen MR) is 68.8 cm³/mol. The summed E-state index contributed by atoms with van der Waals surface area (Å²) in [6, 6.07) is 9.48. The zero-order valence-electron chi connectivity index (χ0n) is 10.5. The van der Waals surface area contributed by atoms with E-state index in [1.165, 1.54) is 0 Å². The Hall–Kier alpha value is -1.84. The summed E-state index contributed by atoms with van der Waals surface area (Å²) in [5.41, 5.74) is 1.07. The van der Waals surface area contributed by atoms with Gasteiger partial charge < -0.3 is 10.2 Å². The van der Waals surface area contributed by atoms with Crippen LogP contribution in [-0.4, -0.2) is 29.8 Å². The topological polar surface area (TPSA) is 49.4 Å². The summed E-state index contributed by atoms with van der Waals surface area (Å²) < 4.78 is 0. The Bertz CT molecular complexity index is 419. The van der Waals surface area contributed by atoms with Crippen LogP contribution in [0.15, 0.2) is 30.3 Å². The number of amides is 2. The van der Waals surface area contributed by atoms with E-state index < -0.39 is 0 Å². The van der Waals surface area contributed by atoms with Crippen molar-refractivity contribution in [2.45, 2.75) is 31.8 Å². The highest BCUT2D eigenvalue weighted by molar-refractivity contribution is 5.84. The average molecular weight is 246 g/mol. The second-order valence-corrected chi connectivity index (χ2v) is 4.64. The van der Waals surface area contributed by atoms with Gasteiger partial charge in [0.15, 0.2) is 0 Å². The van der Waals surface area contributed by atoms with Gasteiger partial charge in [-0.1, -0.05) is 30.3 Å². The van der Waals surface area contributed by atoms with Crippen LogP contribution in [0.1, 0.15) is 31.4 Å². The molecule has 4 nitrogen and oxygen atoms in total. The monoisotopic (exact) mass is 246 g/mol. The molecule has 1 fully saturated rings. The summed E-state index contributed by atoms with van der Waals surface area (Å²) in [6.07, 6.45) is 2.42. The SMILES string of the molecule is C[C@@H](NC(=O)[C@H]1CCCN1C=O)c1ccccc1. The minimum Gasteiger partial charge on any atom is -0.348 e. The number of hydrogen-bond donors (Lipinski definition) is 1. The first-order valence-corrected chi connectivity index (χ1v) is 6.28. The second kappa shape index (κ2) is 5.67. The van der Waals surface area contributed by atoms with Crippen molar-refractivity contribution in [1.29, 1.82) is 0 Å². The summed E-state index contributed by atoms with van der Waals surface area (Å²) in [7, 11) is 0. The number of nitrogens with one attached hydrogen (secondary N) is 1. The third-order valence-corrected chi connectivity index (χ3v) is 3.39. The highest BCUT2D eigenvalue weighted by atomic mass is 16.2. The Morgan fingerprint density at radius 1 is 1.44 bits per heavy atom. The minimum absolute atomic E-state index is 0.0344.